The van der Waals surface area contributed by atoms with Gasteiger partial charge < -0.3 is 4.90 Å². The molecule has 0 aliphatic carbocycles. The van der Waals surface area contributed by atoms with Crippen LogP contribution in [0, 0.1) is 0 Å². The lowest BCUT2D eigenvalue weighted by Gasteiger charge is -2.25. The second kappa shape index (κ2) is 8.09. The molecule has 1 unspecified atom stereocenters. The maximum Gasteiger partial charge on any atom is 0.279 e. The molecule has 0 aliphatic heterocycles. The van der Waals surface area contributed by atoms with Gasteiger partial charge in [-0.3, -0.25) is 0 Å². The summed E-state index contributed by atoms with van der Waals surface area (Å²) in [5, 5.41) is 2.01. The Kier molecular flexibility index (Phi) is 7.11. The quantitative estimate of drug-likeness (QED) is 0.756. The first kappa shape index (κ1) is 17.6. The minimum absolute atomic E-state index is 0.0596. The molecule has 1 N–H and O–H groups in total. The summed E-state index contributed by atoms with van der Waals surface area (Å²) in [7, 11) is 2.14. The molecule has 7 heteroatoms. The molecular formula is C13H25N3O2S2. The van der Waals surface area contributed by atoms with Crippen LogP contribution in [0.2, 0.25) is 0 Å². The van der Waals surface area contributed by atoms with E-state index in [0.717, 1.165) is 17.7 Å². The molecule has 20 heavy (non-hydrogen) atoms. The minimum atomic E-state index is -3.39. The molecule has 0 amide bonds. The van der Waals surface area contributed by atoms with E-state index >= 15 is 0 Å². The third-order valence-corrected chi connectivity index (χ3v) is 5.70. The molecule has 116 valence electrons. The summed E-state index contributed by atoms with van der Waals surface area (Å²) in [6.07, 6.45) is 1.86. The van der Waals surface area contributed by atoms with Gasteiger partial charge in [0.1, 0.15) is 0 Å². The molecule has 0 fully saturated rings. The second-order valence-electron chi connectivity index (χ2n) is 5.02. The molecule has 0 aliphatic rings. The molecule has 1 atom stereocenters. The van der Waals surface area contributed by atoms with Gasteiger partial charge in [0, 0.05) is 25.0 Å². The molecule has 0 radical (unpaired) electrons. The molecule has 1 heterocycles. The molecule has 1 aromatic rings. The minimum Gasteiger partial charge on any atom is -0.300 e. The summed E-state index contributed by atoms with van der Waals surface area (Å²) < 4.78 is 28.4. The van der Waals surface area contributed by atoms with Crippen molar-refractivity contribution in [2.75, 3.05) is 34.2 Å². The number of rotatable bonds is 9. The molecule has 1 aromatic heterocycles. The van der Waals surface area contributed by atoms with Crippen molar-refractivity contribution in [3.63, 3.8) is 0 Å². The SMILES string of the molecule is CCCCN(C)S(=O)(=O)NCC(c1cccs1)N(C)C. The zero-order valence-electron chi connectivity index (χ0n) is 12.7. The molecule has 0 saturated carbocycles. The first-order valence-electron chi connectivity index (χ1n) is 6.79. The third-order valence-electron chi connectivity index (χ3n) is 3.19. The van der Waals surface area contributed by atoms with Crippen LogP contribution in [0.3, 0.4) is 0 Å². The number of nitrogens with zero attached hydrogens (tertiary/aromatic N) is 2. The van der Waals surface area contributed by atoms with Gasteiger partial charge in [-0.05, 0) is 32.0 Å². The van der Waals surface area contributed by atoms with E-state index in [9.17, 15) is 8.42 Å². The lowest BCUT2D eigenvalue weighted by molar-refractivity contribution is 0.301. The highest BCUT2D eigenvalue weighted by molar-refractivity contribution is 7.87. The van der Waals surface area contributed by atoms with Gasteiger partial charge in [-0.15, -0.1) is 11.3 Å². The summed E-state index contributed by atoms with van der Waals surface area (Å²) in [5.41, 5.74) is 0. The average molecular weight is 319 g/mol. The van der Waals surface area contributed by atoms with Gasteiger partial charge in [-0.2, -0.15) is 12.7 Å². The Morgan fingerprint density at radius 3 is 2.55 bits per heavy atom. The van der Waals surface area contributed by atoms with Crippen molar-refractivity contribution in [3.05, 3.63) is 22.4 Å². The molecule has 0 saturated heterocycles. The zero-order valence-corrected chi connectivity index (χ0v) is 14.3. The van der Waals surface area contributed by atoms with Gasteiger partial charge in [0.25, 0.3) is 10.2 Å². The highest BCUT2D eigenvalue weighted by Crippen LogP contribution is 2.22. The fourth-order valence-electron chi connectivity index (χ4n) is 1.81. The Balaban J connectivity index is 2.63. The Bertz CT molecular complexity index is 472. The summed E-state index contributed by atoms with van der Waals surface area (Å²) in [5.74, 6) is 0. The van der Waals surface area contributed by atoms with Crippen molar-refractivity contribution in [3.8, 4) is 0 Å². The van der Waals surface area contributed by atoms with Gasteiger partial charge in [-0.1, -0.05) is 19.4 Å². The van der Waals surface area contributed by atoms with E-state index in [1.807, 2.05) is 43.4 Å². The van der Waals surface area contributed by atoms with E-state index in [4.69, 9.17) is 0 Å². The topological polar surface area (TPSA) is 52.7 Å². The van der Waals surface area contributed by atoms with E-state index < -0.39 is 10.2 Å². The molecule has 0 bridgehead atoms. The average Bonchev–Trinajstić information content (AvgIpc) is 2.89. The second-order valence-corrected chi connectivity index (χ2v) is 7.86. The summed E-state index contributed by atoms with van der Waals surface area (Å²) in [6, 6.07) is 4.08. The fraction of sp³-hybridized carbons (Fsp3) is 0.692. The fourth-order valence-corrected chi connectivity index (χ4v) is 3.69. The number of likely N-dealkylation sites (N-methyl/N-ethyl adjacent to an activating group) is 1. The van der Waals surface area contributed by atoms with Gasteiger partial charge in [-0.25, -0.2) is 4.72 Å². The Hall–Kier alpha value is -0.470. The largest absolute Gasteiger partial charge is 0.300 e. The van der Waals surface area contributed by atoms with Crippen LogP contribution >= 0.6 is 11.3 Å². The van der Waals surface area contributed by atoms with E-state index in [2.05, 4.69) is 4.72 Å². The lowest BCUT2D eigenvalue weighted by atomic mass is 10.2. The highest BCUT2D eigenvalue weighted by atomic mass is 32.2. The normalized spacial score (nSPS) is 14.1. The molecule has 0 aromatic carbocycles. The van der Waals surface area contributed by atoms with Gasteiger partial charge >= 0.3 is 0 Å². The lowest BCUT2D eigenvalue weighted by Crippen LogP contribution is -2.42. The van der Waals surface area contributed by atoms with Crippen molar-refractivity contribution >= 4 is 21.5 Å². The predicted molar refractivity (Wildman–Crippen MR) is 85.2 cm³/mol. The summed E-state index contributed by atoms with van der Waals surface area (Å²) in [4.78, 5) is 3.19. The Morgan fingerprint density at radius 1 is 1.35 bits per heavy atom. The van der Waals surface area contributed by atoms with Crippen LogP contribution in [0.15, 0.2) is 17.5 Å². The Morgan fingerprint density at radius 2 is 2.05 bits per heavy atom. The molecule has 1 rings (SSSR count). The summed E-state index contributed by atoms with van der Waals surface area (Å²) >= 11 is 1.64. The van der Waals surface area contributed by atoms with E-state index in [0.29, 0.717) is 13.1 Å². The number of thiophene rings is 1. The van der Waals surface area contributed by atoms with Crippen molar-refractivity contribution in [2.24, 2.45) is 0 Å². The summed E-state index contributed by atoms with van der Waals surface area (Å²) in [6.45, 7) is 2.98. The van der Waals surface area contributed by atoms with Crippen molar-refractivity contribution < 1.29 is 8.42 Å². The van der Waals surface area contributed by atoms with Gasteiger partial charge in [0.2, 0.25) is 0 Å². The van der Waals surface area contributed by atoms with Crippen LogP contribution in [0.25, 0.3) is 0 Å². The molecule has 5 nitrogen and oxygen atoms in total. The first-order chi connectivity index (χ1) is 9.38. The van der Waals surface area contributed by atoms with Gasteiger partial charge in [0.15, 0.2) is 0 Å². The van der Waals surface area contributed by atoms with Crippen LogP contribution in [0.1, 0.15) is 30.7 Å². The molecular weight excluding hydrogens is 294 g/mol. The maximum absolute atomic E-state index is 12.1. The monoisotopic (exact) mass is 319 g/mol. The predicted octanol–water partition coefficient (Wildman–Crippen LogP) is 1.92. The van der Waals surface area contributed by atoms with Crippen LogP contribution in [-0.2, 0) is 10.2 Å². The number of hydrogen-bond donors (Lipinski definition) is 1. The standard InChI is InChI=1S/C13H25N3O2S2/c1-5-6-9-16(4)20(17,18)14-11-12(15(2)3)13-8-7-10-19-13/h7-8,10,12,14H,5-6,9,11H2,1-4H3. The van der Waals surface area contributed by atoms with Crippen molar-refractivity contribution in [1.29, 1.82) is 0 Å². The van der Waals surface area contributed by atoms with Crippen LogP contribution in [0.5, 0.6) is 0 Å². The maximum atomic E-state index is 12.1. The van der Waals surface area contributed by atoms with Crippen LogP contribution < -0.4 is 4.72 Å². The van der Waals surface area contributed by atoms with E-state index in [1.165, 1.54) is 4.31 Å². The van der Waals surface area contributed by atoms with Crippen molar-refractivity contribution in [2.45, 2.75) is 25.8 Å². The van der Waals surface area contributed by atoms with Crippen LogP contribution in [0.4, 0.5) is 0 Å². The van der Waals surface area contributed by atoms with E-state index in [1.54, 1.807) is 18.4 Å². The molecule has 0 spiro atoms. The zero-order chi connectivity index (χ0) is 15.2. The van der Waals surface area contributed by atoms with Crippen LogP contribution in [-0.4, -0.2) is 51.9 Å². The van der Waals surface area contributed by atoms with Crippen molar-refractivity contribution in [1.82, 2.24) is 13.9 Å². The first-order valence-corrected chi connectivity index (χ1v) is 9.11. The highest BCUT2D eigenvalue weighted by Gasteiger charge is 2.21. The van der Waals surface area contributed by atoms with E-state index in [-0.39, 0.29) is 6.04 Å². The number of unbranched alkanes of at least 4 members (excludes halogenated alkanes) is 1. The third kappa shape index (κ3) is 5.14. The number of hydrogen-bond acceptors (Lipinski definition) is 4. The number of nitrogens with one attached hydrogen (secondary N) is 1. The smallest absolute Gasteiger partial charge is 0.279 e. The Labute approximate surface area is 126 Å². The van der Waals surface area contributed by atoms with Gasteiger partial charge in [0.05, 0.1) is 6.04 Å².